The number of alkyl halides is 1. The molecule has 0 fully saturated rings. The van der Waals surface area contributed by atoms with Gasteiger partial charge in [-0.1, -0.05) is 6.07 Å². The molecule has 1 aromatic rings. The van der Waals surface area contributed by atoms with Crippen molar-refractivity contribution in [2.75, 3.05) is 5.88 Å². The van der Waals surface area contributed by atoms with Crippen LogP contribution in [0.5, 0.6) is 0 Å². The van der Waals surface area contributed by atoms with Crippen molar-refractivity contribution in [1.29, 1.82) is 0 Å². The lowest BCUT2D eigenvalue weighted by Crippen LogP contribution is -2.34. The molecule has 1 rings (SSSR count). The first-order valence-corrected chi connectivity index (χ1v) is 5.35. The molecule has 5 heteroatoms. The predicted molar refractivity (Wildman–Crippen MR) is 58.4 cm³/mol. The van der Waals surface area contributed by atoms with Crippen LogP contribution in [0, 0.1) is 11.6 Å². The summed E-state index contributed by atoms with van der Waals surface area (Å²) in [6.07, 6.45) is 0.0123. The van der Waals surface area contributed by atoms with E-state index in [-0.39, 0.29) is 18.4 Å². The zero-order valence-corrected chi connectivity index (χ0v) is 9.52. The molecular formula is C11H12ClF2NO. The van der Waals surface area contributed by atoms with E-state index in [0.29, 0.717) is 11.4 Å². The number of carbonyl (C=O) groups excluding carboxylic acids is 1. The fourth-order valence-corrected chi connectivity index (χ4v) is 1.28. The van der Waals surface area contributed by atoms with E-state index < -0.39 is 11.6 Å². The number of benzene rings is 1. The van der Waals surface area contributed by atoms with Crippen molar-refractivity contribution in [3.63, 3.8) is 0 Å². The summed E-state index contributed by atoms with van der Waals surface area (Å²) in [5.74, 6) is -1.82. The van der Waals surface area contributed by atoms with Crippen LogP contribution in [0.15, 0.2) is 18.2 Å². The first kappa shape index (κ1) is 12.9. The molecule has 0 bridgehead atoms. The van der Waals surface area contributed by atoms with Gasteiger partial charge in [0.15, 0.2) is 11.6 Å². The van der Waals surface area contributed by atoms with Gasteiger partial charge in [0, 0.05) is 11.9 Å². The number of amides is 1. The van der Waals surface area contributed by atoms with E-state index in [1.165, 1.54) is 6.07 Å². The molecule has 0 saturated heterocycles. The molecular weight excluding hydrogens is 236 g/mol. The SMILES string of the molecule is CC(CCl)NC(=O)Cc1ccc(F)c(F)c1. The Balaban J connectivity index is 2.59. The van der Waals surface area contributed by atoms with E-state index in [0.717, 1.165) is 12.1 Å². The van der Waals surface area contributed by atoms with Crippen LogP contribution in [0.25, 0.3) is 0 Å². The van der Waals surface area contributed by atoms with Crippen LogP contribution in [0.4, 0.5) is 8.78 Å². The number of nitrogens with one attached hydrogen (secondary N) is 1. The molecule has 1 amide bonds. The van der Waals surface area contributed by atoms with E-state index in [1.807, 2.05) is 0 Å². The first-order valence-electron chi connectivity index (χ1n) is 4.82. The van der Waals surface area contributed by atoms with Gasteiger partial charge in [0.2, 0.25) is 5.91 Å². The molecule has 0 spiro atoms. The van der Waals surface area contributed by atoms with Crippen LogP contribution in [0.2, 0.25) is 0 Å². The Kier molecular flexibility index (Phi) is 4.68. The smallest absolute Gasteiger partial charge is 0.224 e. The molecule has 1 unspecified atom stereocenters. The van der Waals surface area contributed by atoms with Crippen molar-refractivity contribution in [1.82, 2.24) is 5.32 Å². The van der Waals surface area contributed by atoms with Gasteiger partial charge >= 0.3 is 0 Å². The van der Waals surface area contributed by atoms with Crippen LogP contribution in [-0.2, 0) is 11.2 Å². The van der Waals surface area contributed by atoms with Crippen LogP contribution in [0.1, 0.15) is 12.5 Å². The maximum Gasteiger partial charge on any atom is 0.224 e. The minimum Gasteiger partial charge on any atom is -0.352 e. The first-order chi connectivity index (χ1) is 7.52. The maximum absolute atomic E-state index is 12.8. The highest BCUT2D eigenvalue weighted by atomic mass is 35.5. The normalized spacial score (nSPS) is 12.2. The van der Waals surface area contributed by atoms with E-state index in [2.05, 4.69) is 5.32 Å². The predicted octanol–water partition coefficient (Wildman–Crippen LogP) is 2.25. The van der Waals surface area contributed by atoms with E-state index in [9.17, 15) is 13.6 Å². The highest BCUT2D eigenvalue weighted by Crippen LogP contribution is 2.09. The molecule has 0 saturated carbocycles. The van der Waals surface area contributed by atoms with Crippen molar-refractivity contribution in [3.8, 4) is 0 Å². The van der Waals surface area contributed by atoms with Crippen molar-refractivity contribution in [3.05, 3.63) is 35.4 Å². The zero-order chi connectivity index (χ0) is 12.1. The largest absolute Gasteiger partial charge is 0.352 e. The molecule has 0 aliphatic carbocycles. The van der Waals surface area contributed by atoms with Gasteiger partial charge in [-0.3, -0.25) is 4.79 Å². The number of carbonyl (C=O) groups is 1. The van der Waals surface area contributed by atoms with Gasteiger partial charge in [0.25, 0.3) is 0 Å². The quantitative estimate of drug-likeness (QED) is 0.813. The third kappa shape index (κ3) is 3.77. The second-order valence-electron chi connectivity index (χ2n) is 3.55. The second kappa shape index (κ2) is 5.80. The zero-order valence-electron chi connectivity index (χ0n) is 8.77. The standard InChI is InChI=1S/C11H12ClF2NO/c1-7(6-12)15-11(16)5-8-2-3-9(13)10(14)4-8/h2-4,7H,5-6H2,1H3,(H,15,16). The van der Waals surface area contributed by atoms with E-state index >= 15 is 0 Å². The van der Waals surface area contributed by atoms with Crippen LogP contribution >= 0.6 is 11.6 Å². The fraction of sp³-hybridized carbons (Fsp3) is 0.364. The third-order valence-electron chi connectivity index (χ3n) is 1.99. The third-order valence-corrected chi connectivity index (χ3v) is 2.45. The molecule has 0 heterocycles. The highest BCUT2D eigenvalue weighted by Gasteiger charge is 2.09. The molecule has 1 atom stereocenters. The minimum atomic E-state index is -0.948. The van der Waals surface area contributed by atoms with Crippen LogP contribution in [-0.4, -0.2) is 17.8 Å². The number of hydrogen-bond acceptors (Lipinski definition) is 1. The Bertz CT molecular complexity index is 384. The molecule has 16 heavy (non-hydrogen) atoms. The molecule has 1 N–H and O–H groups in total. The lowest BCUT2D eigenvalue weighted by molar-refractivity contribution is -0.120. The highest BCUT2D eigenvalue weighted by molar-refractivity contribution is 6.18. The topological polar surface area (TPSA) is 29.1 Å². The Morgan fingerprint density at radius 3 is 2.69 bits per heavy atom. The second-order valence-corrected chi connectivity index (χ2v) is 3.86. The van der Waals surface area contributed by atoms with Gasteiger partial charge in [-0.25, -0.2) is 8.78 Å². The molecule has 0 aliphatic heterocycles. The summed E-state index contributed by atoms with van der Waals surface area (Å²) in [6.45, 7) is 1.76. The van der Waals surface area contributed by atoms with Crippen molar-refractivity contribution < 1.29 is 13.6 Å². The Labute approximate surface area is 97.6 Å². The van der Waals surface area contributed by atoms with Gasteiger partial charge in [-0.05, 0) is 24.6 Å². The van der Waals surface area contributed by atoms with Crippen molar-refractivity contribution >= 4 is 17.5 Å². The molecule has 2 nitrogen and oxygen atoms in total. The monoisotopic (exact) mass is 247 g/mol. The summed E-state index contributed by atoms with van der Waals surface area (Å²) < 4.78 is 25.4. The van der Waals surface area contributed by atoms with Gasteiger partial charge in [-0.15, -0.1) is 11.6 Å². The Hall–Kier alpha value is -1.16. The summed E-state index contributed by atoms with van der Waals surface area (Å²) in [5, 5.41) is 2.63. The van der Waals surface area contributed by atoms with Gasteiger partial charge in [-0.2, -0.15) is 0 Å². The summed E-state index contributed by atoms with van der Waals surface area (Å²) >= 11 is 5.52. The van der Waals surface area contributed by atoms with Gasteiger partial charge < -0.3 is 5.32 Å². The lowest BCUT2D eigenvalue weighted by Gasteiger charge is -2.10. The summed E-state index contributed by atoms with van der Waals surface area (Å²) in [7, 11) is 0. The van der Waals surface area contributed by atoms with E-state index in [4.69, 9.17) is 11.6 Å². The fourth-order valence-electron chi connectivity index (χ4n) is 1.20. The molecule has 0 aromatic heterocycles. The van der Waals surface area contributed by atoms with Gasteiger partial charge in [0.05, 0.1) is 6.42 Å². The number of rotatable bonds is 4. The Morgan fingerprint density at radius 2 is 2.12 bits per heavy atom. The van der Waals surface area contributed by atoms with Gasteiger partial charge in [0.1, 0.15) is 0 Å². The van der Waals surface area contributed by atoms with Crippen molar-refractivity contribution in [2.24, 2.45) is 0 Å². The van der Waals surface area contributed by atoms with Crippen molar-refractivity contribution in [2.45, 2.75) is 19.4 Å². The number of hydrogen-bond donors (Lipinski definition) is 1. The molecule has 1 aromatic carbocycles. The maximum atomic E-state index is 12.8. The molecule has 0 aliphatic rings. The molecule has 0 radical (unpaired) electrons. The summed E-state index contributed by atoms with van der Waals surface area (Å²) in [6, 6.07) is 3.26. The van der Waals surface area contributed by atoms with Crippen LogP contribution < -0.4 is 5.32 Å². The Morgan fingerprint density at radius 1 is 1.44 bits per heavy atom. The average Bonchev–Trinajstić information content (AvgIpc) is 2.23. The van der Waals surface area contributed by atoms with E-state index in [1.54, 1.807) is 6.92 Å². The van der Waals surface area contributed by atoms with Crippen LogP contribution in [0.3, 0.4) is 0 Å². The average molecular weight is 248 g/mol. The summed E-state index contributed by atoms with van der Waals surface area (Å²) in [4.78, 5) is 11.4. The summed E-state index contributed by atoms with van der Waals surface area (Å²) in [5.41, 5.74) is 0.429. The minimum absolute atomic E-state index is 0.0123. The number of halogens is 3. The lowest BCUT2D eigenvalue weighted by atomic mass is 10.1. The molecule has 88 valence electrons.